The highest BCUT2D eigenvalue weighted by molar-refractivity contribution is 6.33. The molecule has 2 amide bonds. The number of carbonyl (C=O) groups is 2. The van der Waals surface area contributed by atoms with Crippen LogP contribution in [-0.4, -0.2) is 17.9 Å². The molecule has 0 bridgehead atoms. The highest BCUT2D eigenvalue weighted by Gasteiger charge is 2.18. The van der Waals surface area contributed by atoms with Crippen LogP contribution in [0.2, 0.25) is 5.02 Å². The van der Waals surface area contributed by atoms with Gasteiger partial charge in [0.2, 0.25) is 0 Å². The number of halogens is 1. The molecular formula is C18H19ClN2O3. The monoisotopic (exact) mass is 346 g/mol. The molecule has 24 heavy (non-hydrogen) atoms. The standard InChI is InChI=1S/C18H19ClN2O3/c1-11-7-6-8-12(2)16(11)24-13(3)17(22)20-21-18(23)14-9-4-5-10-15(14)19/h4-10,13H,1-3H3,(H,20,22)(H,21,23). The molecule has 0 radical (unpaired) electrons. The molecule has 0 fully saturated rings. The lowest BCUT2D eigenvalue weighted by Crippen LogP contribution is -2.47. The van der Waals surface area contributed by atoms with Crippen molar-refractivity contribution in [3.05, 3.63) is 64.2 Å². The van der Waals surface area contributed by atoms with Crippen molar-refractivity contribution in [1.29, 1.82) is 0 Å². The number of rotatable bonds is 4. The minimum atomic E-state index is -0.767. The summed E-state index contributed by atoms with van der Waals surface area (Å²) in [4.78, 5) is 24.1. The lowest BCUT2D eigenvalue weighted by atomic mass is 10.1. The van der Waals surface area contributed by atoms with Crippen molar-refractivity contribution in [1.82, 2.24) is 10.9 Å². The number of carbonyl (C=O) groups excluding carboxylic acids is 2. The number of nitrogens with one attached hydrogen (secondary N) is 2. The fourth-order valence-electron chi connectivity index (χ4n) is 2.15. The second-order valence-corrected chi connectivity index (χ2v) is 5.81. The normalized spacial score (nSPS) is 11.5. The van der Waals surface area contributed by atoms with Crippen LogP contribution in [0.25, 0.3) is 0 Å². The highest BCUT2D eigenvalue weighted by Crippen LogP contribution is 2.23. The maximum absolute atomic E-state index is 12.1. The zero-order valence-electron chi connectivity index (χ0n) is 13.7. The molecule has 0 spiro atoms. The van der Waals surface area contributed by atoms with Gasteiger partial charge in [-0.2, -0.15) is 0 Å². The molecule has 5 nitrogen and oxygen atoms in total. The van der Waals surface area contributed by atoms with Gasteiger partial charge in [0.1, 0.15) is 5.75 Å². The molecule has 0 aromatic heterocycles. The predicted molar refractivity (Wildman–Crippen MR) is 93.1 cm³/mol. The van der Waals surface area contributed by atoms with Crippen molar-refractivity contribution in [3.63, 3.8) is 0 Å². The number of hydrogen-bond acceptors (Lipinski definition) is 3. The zero-order valence-corrected chi connectivity index (χ0v) is 14.5. The van der Waals surface area contributed by atoms with E-state index in [0.29, 0.717) is 10.8 Å². The van der Waals surface area contributed by atoms with Crippen molar-refractivity contribution < 1.29 is 14.3 Å². The summed E-state index contributed by atoms with van der Waals surface area (Å²) in [6.07, 6.45) is -0.767. The second-order valence-electron chi connectivity index (χ2n) is 5.40. The number of aryl methyl sites for hydroxylation is 2. The number of ether oxygens (including phenoxy) is 1. The van der Waals surface area contributed by atoms with Gasteiger partial charge in [-0.15, -0.1) is 0 Å². The lowest BCUT2D eigenvalue weighted by molar-refractivity contribution is -0.128. The summed E-state index contributed by atoms with van der Waals surface area (Å²) in [6.45, 7) is 5.43. The fraction of sp³-hybridized carbons (Fsp3) is 0.222. The Morgan fingerprint density at radius 2 is 1.62 bits per heavy atom. The largest absolute Gasteiger partial charge is 0.480 e. The number of hydrogen-bond donors (Lipinski definition) is 2. The molecule has 0 saturated carbocycles. The molecule has 0 aliphatic rings. The first-order valence-electron chi connectivity index (χ1n) is 7.47. The van der Waals surface area contributed by atoms with Crippen molar-refractivity contribution in [2.45, 2.75) is 26.9 Å². The van der Waals surface area contributed by atoms with E-state index in [0.717, 1.165) is 11.1 Å². The van der Waals surface area contributed by atoms with Gasteiger partial charge in [-0.25, -0.2) is 0 Å². The number of para-hydroxylation sites is 1. The SMILES string of the molecule is Cc1cccc(C)c1OC(C)C(=O)NNC(=O)c1ccccc1Cl. The minimum Gasteiger partial charge on any atom is -0.480 e. The van der Waals surface area contributed by atoms with Crippen LogP contribution >= 0.6 is 11.6 Å². The van der Waals surface area contributed by atoms with E-state index in [2.05, 4.69) is 10.9 Å². The maximum Gasteiger partial charge on any atom is 0.279 e. The number of hydrazine groups is 1. The summed E-state index contributed by atoms with van der Waals surface area (Å²) in [6, 6.07) is 12.3. The summed E-state index contributed by atoms with van der Waals surface area (Å²) in [5.41, 5.74) is 6.84. The number of benzene rings is 2. The summed E-state index contributed by atoms with van der Waals surface area (Å²) in [7, 11) is 0. The Bertz CT molecular complexity index is 741. The quantitative estimate of drug-likeness (QED) is 0.835. The Balaban J connectivity index is 1.95. The Kier molecular flexibility index (Phi) is 5.82. The predicted octanol–water partition coefficient (Wildman–Crippen LogP) is 3.19. The van der Waals surface area contributed by atoms with Gasteiger partial charge in [-0.1, -0.05) is 41.9 Å². The van der Waals surface area contributed by atoms with Crippen molar-refractivity contribution in [2.24, 2.45) is 0 Å². The molecule has 1 unspecified atom stereocenters. The van der Waals surface area contributed by atoms with Crippen LogP contribution in [0.1, 0.15) is 28.4 Å². The van der Waals surface area contributed by atoms with E-state index in [1.807, 2.05) is 32.0 Å². The van der Waals surface area contributed by atoms with Crippen molar-refractivity contribution in [3.8, 4) is 5.75 Å². The van der Waals surface area contributed by atoms with Crippen LogP contribution in [-0.2, 0) is 4.79 Å². The van der Waals surface area contributed by atoms with E-state index >= 15 is 0 Å². The third-order valence-electron chi connectivity index (χ3n) is 3.49. The first kappa shape index (κ1) is 17.8. The van der Waals surface area contributed by atoms with E-state index in [1.54, 1.807) is 31.2 Å². The third-order valence-corrected chi connectivity index (χ3v) is 3.82. The van der Waals surface area contributed by atoms with Crippen LogP contribution in [0, 0.1) is 13.8 Å². The fourth-order valence-corrected chi connectivity index (χ4v) is 2.37. The van der Waals surface area contributed by atoms with E-state index in [1.165, 1.54) is 0 Å². The molecular weight excluding hydrogens is 328 g/mol. The minimum absolute atomic E-state index is 0.280. The van der Waals surface area contributed by atoms with Gasteiger partial charge < -0.3 is 4.74 Å². The lowest BCUT2D eigenvalue weighted by Gasteiger charge is -2.18. The van der Waals surface area contributed by atoms with Gasteiger partial charge >= 0.3 is 0 Å². The van der Waals surface area contributed by atoms with Gasteiger partial charge in [0.25, 0.3) is 11.8 Å². The van der Waals surface area contributed by atoms with Crippen LogP contribution in [0.15, 0.2) is 42.5 Å². The average molecular weight is 347 g/mol. The Morgan fingerprint density at radius 3 is 2.25 bits per heavy atom. The molecule has 2 rings (SSSR count). The zero-order chi connectivity index (χ0) is 17.7. The van der Waals surface area contributed by atoms with Gasteiger partial charge in [0.05, 0.1) is 10.6 Å². The molecule has 0 aliphatic heterocycles. The van der Waals surface area contributed by atoms with Gasteiger partial charge in [0, 0.05) is 0 Å². The van der Waals surface area contributed by atoms with Crippen LogP contribution in [0.4, 0.5) is 0 Å². The molecule has 126 valence electrons. The summed E-state index contributed by atoms with van der Waals surface area (Å²) >= 11 is 5.94. The summed E-state index contributed by atoms with van der Waals surface area (Å²) < 4.78 is 5.71. The maximum atomic E-state index is 12.1. The molecule has 6 heteroatoms. The van der Waals surface area contributed by atoms with Crippen LogP contribution in [0.5, 0.6) is 5.75 Å². The smallest absolute Gasteiger partial charge is 0.279 e. The molecule has 2 N–H and O–H groups in total. The van der Waals surface area contributed by atoms with E-state index in [9.17, 15) is 9.59 Å². The molecule has 0 heterocycles. The summed E-state index contributed by atoms with van der Waals surface area (Å²) in [5, 5.41) is 0.309. The van der Waals surface area contributed by atoms with Crippen LogP contribution < -0.4 is 15.6 Å². The molecule has 0 aliphatic carbocycles. The Labute approximate surface area is 145 Å². The number of amides is 2. The second kappa shape index (κ2) is 7.84. The van der Waals surface area contributed by atoms with Crippen molar-refractivity contribution in [2.75, 3.05) is 0 Å². The first-order valence-corrected chi connectivity index (χ1v) is 7.85. The molecule has 2 aromatic carbocycles. The summed E-state index contributed by atoms with van der Waals surface area (Å²) in [5.74, 6) is -0.288. The van der Waals surface area contributed by atoms with Crippen LogP contribution in [0.3, 0.4) is 0 Å². The van der Waals surface area contributed by atoms with Gasteiger partial charge in [0.15, 0.2) is 6.10 Å². The molecule has 1 atom stereocenters. The van der Waals surface area contributed by atoms with E-state index in [-0.39, 0.29) is 5.56 Å². The van der Waals surface area contributed by atoms with Gasteiger partial charge in [-0.3, -0.25) is 20.4 Å². The first-order chi connectivity index (χ1) is 11.4. The third kappa shape index (κ3) is 4.26. The highest BCUT2D eigenvalue weighted by atomic mass is 35.5. The van der Waals surface area contributed by atoms with Gasteiger partial charge in [-0.05, 0) is 44.0 Å². The topological polar surface area (TPSA) is 67.4 Å². The average Bonchev–Trinajstić information content (AvgIpc) is 2.56. The molecule has 0 saturated heterocycles. The Hall–Kier alpha value is -2.53. The Morgan fingerprint density at radius 1 is 1.00 bits per heavy atom. The van der Waals surface area contributed by atoms with E-state index < -0.39 is 17.9 Å². The molecule has 2 aromatic rings. The van der Waals surface area contributed by atoms with Crippen molar-refractivity contribution >= 4 is 23.4 Å². The van der Waals surface area contributed by atoms with E-state index in [4.69, 9.17) is 16.3 Å².